The average molecular weight is 220 g/mol. The van der Waals surface area contributed by atoms with Gasteiger partial charge in [0.1, 0.15) is 0 Å². The predicted octanol–water partition coefficient (Wildman–Crippen LogP) is 2.62. The van der Waals surface area contributed by atoms with Crippen molar-refractivity contribution in [2.24, 2.45) is 0 Å². The Morgan fingerprint density at radius 2 is 2.12 bits per heavy atom. The number of ether oxygens (including phenoxy) is 1. The topological polar surface area (TPSA) is 46.5 Å². The maximum Gasteiger partial charge on any atom is 0.336 e. The zero-order valence-corrected chi connectivity index (χ0v) is 9.35. The van der Waals surface area contributed by atoms with Crippen molar-refractivity contribution in [2.45, 2.75) is 25.6 Å². The summed E-state index contributed by atoms with van der Waals surface area (Å²) in [5.74, 6) is -0.969. The molecular formula is C13H16O3. The van der Waals surface area contributed by atoms with E-state index in [0.29, 0.717) is 0 Å². The summed E-state index contributed by atoms with van der Waals surface area (Å²) in [5, 5.41) is 9.07. The number of hydrogen-bond acceptors (Lipinski definition) is 2. The second kappa shape index (κ2) is 5.47. The van der Waals surface area contributed by atoms with Crippen molar-refractivity contribution in [1.82, 2.24) is 0 Å². The molecule has 0 aliphatic carbocycles. The third kappa shape index (κ3) is 3.21. The van der Waals surface area contributed by atoms with Crippen LogP contribution in [0.4, 0.5) is 0 Å². The molecule has 0 spiro atoms. The first-order valence-electron chi connectivity index (χ1n) is 5.10. The quantitative estimate of drug-likeness (QED) is 0.749. The van der Waals surface area contributed by atoms with Crippen LogP contribution in [0.15, 0.2) is 43.0 Å². The molecule has 0 bridgehead atoms. The molecule has 0 saturated heterocycles. The van der Waals surface area contributed by atoms with Crippen LogP contribution in [0.2, 0.25) is 0 Å². The Morgan fingerprint density at radius 3 is 2.62 bits per heavy atom. The Hall–Kier alpha value is -1.61. The van der Waals surface area contributed by atoms with Crippen molar-refractivity contribution < 1.29 is 14.6 Å². The van der Waals surface area contributed by atoms with E-state index >= 15 is 0 Å². The monoisotopic (exact) mass is 220 g/mol. The molecule has 0 aromatic heterocycles. The summed E-state index contributed by atoms with van der Waals surface area (Å²) < 4.78 is 5.45. The fraction of sp³-hybridized carbons (Fsp3) is 0.308. The molecule has 0 radical (unpaired) electrons. The van der Waals surface area contributed by atoms with Crippen molar-refractivity contribution in [2.75, 3.05) is 0 Å². The Balaban J connectivity index is 2.64. The van der Waals surface area contributed by atoms with Gasteiger partial charge in [-0.15, -0.1) is 6.58 Å². The summed E-state index contributed by atoms with van der Waals surface area (Å²) in [4.78, 5) is 11.1. The Kier molecular flexibility index (Phi) is 4.26. The molecule has 0 heterocycles. The third-order valence-electron chi connectivity index (χ3n) is 2.39. The van der Waals surface area contributed by atoms with Crippen LogP contribution in [-0.4, -0.2) is 16.7 Å². The number of carboxylic acids is 1. The highest BCUT2D eigenvalue weighted by Gasteiger charge is 2.32. The second-order valence-electron chi connectivity index (χ2n) is 3.80. The molecule has 3 heteroatoms. The van der Waals surface area contributed by atoms with Gasteiger partial charge in [0.2, 0.25) is 0 Å². The van der Waals surface area contributed by atoms with E-state index in [1.807, 2.05) is 30.3 Å². The van der Waals surface area contributed by atoms with E-state index in [9.17, 15) is 4.79 Å². The van der Waals surface area contributed by atoms with Gasteiger partial charge in [-0.25, -0.2) is 4.79 Å². The zero-order valence-electron chi connectivity index (χ0n) is 9.35. The normalized spacial score (nSPS) is 14.1. The molecule has 1 aromatic carbocycles. The first-order valence-corrected chi connectivity index (χ1v) is 5.10. The number of hydrogen-bond donors (Lipinski definition) is 1. The Morgan fingerprint density at radius 1 is 1.50 bits per heavy atom. The number of carboxylic acid groups (broad SMARTS) is 1. The lowest BCUT2D eigenvalue weighted by molar-refractivity contribution is -0.164. The Labute approximate surface area is 95.4 Å². The van der Waals surface area contributed by atoms with Gasteiger partial charge in [-0.2, -0.15) is 0 Å². The van der Waals surface area contributed by atoms with E-state index in [1.54, 1.807) is 13.0 Å². The molecule has 1 rings (SSSR count). The molecule has 3 nitrogen and oxygen atoms in total. The van der Waals surface area contributed by atoms with Gasteiger partial charge in [-0.1, -0.05) is 36.4 Å². The van der Waals surface area contributed by atoms with E-state index in [4.69, 9.17) is 9.84 Å². The standard InChI is InChI=1S/C13H16O3/c1-3-9-13(2,12(14)15)16-10-11-7-5-4-6-8-11/h3-8H,1,9-10H2,2H3,(H,14,15). The lowest BCUT2D eigenvalue weighted by Gasteiger charge is -2.23. The van der Waals surface area contributed by atoms with Crippen LogP contribution in [0.25, 0.3) is 0 Å². The lowest BCUT2D eigenvalue weighted by atomic mass is 10.0. The van der Waals surface area contributed by atoms with Crippen molar-refractivity contribution in [3.8, 4) is 0 Å². The van der Waals surface area contributed by atoms with Gasteiger partial charge in [0.25, 0.3) is 0 Å². The molecule has 0 aliphatic heterocycles. The summed E-state index contributed by atoms with van der Waals surface area (Å²) in [5.41, 5.74) is -0.239. The molecule has 1 N–H and O–H groups in total. The molecule has 1 unspecified atom stereocenters. The number of carbonyl (C=O) groups is 1. The van der Waals surface area contributed by atoms with E-state index < -0.39 is 11.6 Å². The van der Waals surface area contributed by atoms with E-state index in [2.05, 4.69) is 6.58 Å². The Bertz CT molecular complexity index is 359. The van der Waals surface area contributed by atoms with Crippen LogP contribution < -0.4 is 0 Å². The highest BCUT2D eigenvalue weighted by molar-refractivity contribution is 5.77. The van der Waals surface area contributed by atoms with Gasteiger partial charge in [0.05, 0.1) is 6.61 Å². The fourth-order valence-corrected chi connectivity index (χ4v) is 1.30. The number of rotatable bonds is 6. The average Bonchev–Trinajstić information content (AvgIpc) is 2.28. The van der Waals surface area contributed by atoms with Gasteiger partial charge in [-0.3, -0.25) is 0 Å². The minimum atomic E-state index is -1.20. The highest BCUT2D eigenvalue weighted by Crippen LogP contribution is 2.18. The van der Waals surface area contributed by atoms with Crippen molar-refractivity contribution in [3.63, 3.8) is 0 Å². The molecule has 86 valence electrons. The molecule has 16 heavy (non-hydrogen) atoms. The number of benzene rings is 1. The van der Waals surface area contributed by atoms with Gasteiger partial charge in [-0.05, 0) is 12.5 Å². The molecular weight excluding hydrogens is 204 g/mol. The van der Waals surface area contributed by atoms with Gasteiger partial charge < -0.3 is 9.84 Å². The van der Waals surface area contributed by atoms with E-state index in [1.165, 1.54) is 0 Å². The fourth-order valence-electron chi connectivity index (χ4n) is 1.30. The largest absolute Gasteiger partial charge is 0.479 e. The van der Waals surface area contributed by atoms with Crippen molar-refractivity contribution >= 4 is 5.97 Å². The van der Waals surface area contributed by atoms with E-state index in [-0.39, 0.29) is 13.0 Å². The maximum atomic E-state index is 11.1. The predicted molar refractivity (Wildman–Crippen MR) is 62.1 cm³/mol. The first kappa shape index (κ1) is 12.5. The van der Waals surface area contributed by atoms with Crippen LogP contribution in [0.1, 0.15) is 18.9 Å². The van der Waals surface area contributed by atoms with Crippen molar-refractivity contribution in [1.29, 1.82) is 0 Å². The lowest BCUT2D eigenvalue weighted by Crippen LogP contribution is -2.37. The molecule has 0 fully saturated rings. The molecule has 1 aromatic rings. The highest BCUT2D eigenvalue weighted by atomic mass is 16.5. The minimum absolute atomic E-state index is 0.287. The summed E-state index contributed by atoms with van der Waals surface area (Å²) in [7, 11) is 0. The second-order valence-corrected chi connectivity index (χ2v) is 3.80. The number of aliphatic carboxylic acids is 1. The maximum absolute atomic E-state index is 11.1. The zero-order chi connectivity index (χ0) is 12.0. The molecule has 0 aliphatic rings. The third-order valence-corrected chi connectivity index (χ3v) is 2.39. The van der Waals surface area contributed by atoms with Crippen LogP contribution >= 0.6 is 0 Å². The van der Waals surface area contributed by atoms with Crippen LogP contribution in [0.5, 0.6) is 0 Å². The summed E-state index contributed by atoms with van der Waals surface area (Å²) in [6.07, 6.45) is 1.84. The van der Waals surface area contributed by atoms with Gasteiger partial charge in [0.15, 0.2) is 5.60 Å². The van der Waals surface area contributed by atoms with Crippen LogP contribution in [0.3, 0.4) is 0 Å². The van der Waals surface area contributed by atoms with Gasteiger partial charge >= 0.3 is 5.97 Å². The van der Waals surface area contributed by atoms with Crippen LogP contribution in [-0.2, 0) is 16.1 Å². The minimum Gasteiger partial charge on any atom is -0.479 e. The first-order chi connectivity index (χ1) is 7.58. The van der Waals surface area contributed by atoms with Crippen LogP contribution in [0, 0.1) is 0 Å². The molecule has 0 saturated carbocycles. The molecule has 1 atom stereocenters. The molecule has 0 amide bonds. The van der Waals surface area contributed by atoms with E-state index in [0.717, 1.165) is 5.56 Å². The van der Waals surface area contributed by atoms with Crippen molar-refractivity contribution in [3.05, 3.63) is 48.6 Å². The summed E-state index contributed by atoms with van der Waals surface area (Å²) in [6.45, 7) is 5.38. The summed E-state index contributed by atoms with van der Waals surface area (Å²) >= 11 is 0. The SMILES string of the molecule is C=CCC(C)(OCc1ccccc1)C(=O)O. The summed E-state index contributed by atoms with van der Waals surface area (Å²) in [6, 6.07) is 9.49. The van der Waals surface area contributed by atoms with Gasteiger partial charge in [0, 0.05) is 6.42 Å². The smallest absolute Gasteiger partial charge is 0.336 e.